The van der Waals surface area contributed by atoms with Crippen molar-refractivity contribution < 1.29 is 14.6 Å². The van der Waals surface area contributed by atoms with E-state index in [1.807, 2.05) is 0 Å². The molecule has 19 heavy (non-hydrogen) atoms. The van der Waals surface area contributed by atoms with Gasteiger partial charge in [0.2, 0.25) is 0 Å². The first-order valence-electron chi connectivity index (χ1n) is 6.01. The van der Waals surface area contributed by atoms with Crippen LogP contribution in [0, 0.1) is 0 Å². The smallest absolute Gasteiger partial charge is 0.255 e. The Balaban J connectivity index is 2.17. The molecule has 0 spiro atoms. The minimum atomic E-state index is -0.301. The second-order valence-corrected chi connectivity index (χ2v) is 6.12. The van der Waals surface area contributed by atoms with E-state index in [4.69, 9.17) is 4.74 Å². The monoisotopic (exact) mass is 391 g/mol. The fourth-order valence-electron chi connectivity index (χ4n) is 2.05. The summed E-state index contributed by atoms with van der Waals surface area (Å²) in [6, 6.07) is 4.82. The molecule has 1 heterocycles. The number of carbonyl (C=O) groups is 1. The van der Waals surface area contributed by atoms with Crippen molar-refractivity contribution in [2.75, 3.05) is 18.5 Å². The van der Waals surface area contributed by atoms with Gasteiger partial charge in [0.15, 0.2) is 0 Å². The van der Waals surface area contributed by atoms with Crippen LogP contribution in [-0.4, -0.2) is 35.1 Å². The Bertz CT molecular complexity index is 473. The molecule has 1 aromatic rings. The van der Waals surface area contributed by atoms with Gasteiger partial charge in [-0.25, -0.2) is 0 Å². The van der Waals surface area contributed by atoms with Gasteiger partial charge < -0.3 is 15.2 Å². The van der Waals surface area contributed by atoms with Crippen molar-refractivity contribution in [1.82, 2.24) is 5.32 Å². The third-order valence-electron chi connectivity index (χ3n) is 3.29. The predicted molar refractivity (Wildman–Crippen MR) is 79.9 cm³/mol. The molecule has 4 nitrogen and oxygen atoms in total. The van der Waals surface area contributed by atoms with Crippen molar-refractivity contribution in [1.29, 1.82) is 0 Å². The summed E-state index contributed by atoms with van der Waals surface area (Å²) in [5, 5.41) is 13.5. The van der Waals surface area contributed by atoms with Gasteiger partial charge in [0.25, 0.3) is 5.91 Å². The first kappa shape index (κ1) is 14.8. The molecular formula is C13H15Br2NO3. The quantitative estimate of drug-likeness (QED) is 0.777. The zero-order valence-electron chi connectivity index (χ0n) is 10.3. The maximum absolute atomic E-state index is 12.3. The van der Waals surface area contributed by atoms with Crippen LogP contribution < -0.4 is 5.32 Å². The molecule has 0 atom stereocenters. The first-order valence-corrected chi connectivity index (χ1v) is 7.92. The number of phenols is 1. The zero-order chi connectivity index (χ0) is 13.9. The number of phenolic OH excluding ortho intramolecular Hbond substituents is 1. The zero-order valence-corrected chi connectivity index (χ0v) is 13.5. The maximum atomic E-state index is 12.3. The standard InChI is InChI=1S/C13H15Br2NO3/c14-8-13(3-5-19-6-4-13)16-12(18)10-7-9(15)1-2-11(10)17/h1-2,7,17H,3-6,8H2,(H,16,18). The van der Waals surface area contributed by atoms with Gasteiger partial charge in [0, 0.05) is 23.0 Å². The Labute approximate surface area is 128 Å². The highest BCUT2D eigenvalue weighted by Crippen LogP contribution is 2.26. The van der Waals surface area contributed by atoms with Crippen molar-refractivity contribution in [3.05, 3.63) is 28.2 Å². The number of hydrogen-bond donors (Lipinski definition) is 2. The third kappa shape index (κ3) is 3.49. The summed E-state index contributed by atoms with van der Waals surface area (Å²) in [7, 11) is 0. The van der Waals surface area contributed by atoms with E-state index < -0.39 is 0 Å². The van der Waals surface area contributed by atoms with E-state index >= 15 is 0 Å². The van der Waals surface area contributed by atoms with Gasteiger partial charge in [-0.05, 0) is 31.0 Å². The van der Waals surface area contributed by atoms with Crippen LogP contribution in [0.2, 0.25) is 0 Å². The molecule has 1 aromatic carbocycles. The highest BCUT2D eigenvalue weighted by molar-refractivity contribution is 9.10. The summed E-state index contributed by atoms with van der Waals surface area (Å²) in [5.41, 5.74) is -0.0226. The Morgan fingerprint density at radius 1 is 1.42 bits per heavy atom. The van der Waals surface area contributed by atoms with Crippen molar-refractivity contribution in [2.24, 2.45) is 0 Å². The van der Waals surface area contributed by atoms with Crippen molar-refractivity contribution in [3.8, 4) is 5.75 Å². The van der Waals surface area contributed by atoms with E-state index in [0.717, 1.165) is 17.3 Å². The number of hydrogen-bond acceptors (Lipinski definition) is 3. The molecule has 0 aliphatic carbocycles. The van der Waals surface area contributed by atoms with E-state index in [9.17, 15) is 9.90 Å². The van der Waals surface area contributed by atoms with E-state index in [0.29, 0.717) is 18.5 Å². The average molecular weight is 393 g/mol. The molecule has 0 aromatic heterocycles. The number of amides is 1. The normalized spacial score (nSPS) is 18.0. The highest BCUT2D eigenvalue weighted by atomic mass is 79.9. The lowest BCUT2D eigenvalue weighted by Crippen LogP contribution is -2.53. The van der Waals surface area contributed by atoms with Crippen LogP contribution in [0.5, 0.6) is 5.75 Å². The average Bonchev–Trinajstić information content (AvgIpc) is 2.42. The lowest BCUT2D eigenvalue weighted by Gasteiger charge is -2.36. The van der Waals surface area contributed by atoms with Gasteiger partial charge >= 0.3 is 0 Å². The van der Waals surface area contributed by atoms with Gasteiger partial charge in [-0.1, -0.05) is 31.9 Å². The molecule has 0 radical (unpaired) electrons. The van der Waals surface area contributed by atoms with E-state index in [1.54, 1.807) is 12.1 Å². The van der Waals surface area contributed by atoms with Crippen molar-refractivity contribution in [3.63, 3.8) is 0 Å². The molecule has 1 aliphatic rings. The Kier molecular flexibility index (Phi) is 4.86. The molecule has 2 rings (SSSR count). The Morgan fingerprint density at radius 2 is 2.11 bits per heavy atom. The molecular weight excluding hydrogens is 378 g/mol. The van der Waals surface area contributed by atoms with E-state index in [-0.39, 0.29) is 22.8 Å². The molecule has 0 bridgehead atoms. The van der Waals surface area contributed by atoms with Crippen LogP contribution in [0.4, 0.5) is 0 Å². The SMILES string of the molecule is O=C(NC1(CBr)CCOCC1)c1cc(Br)ccc1O. The van der Waals surface area contributed by atoms with Crippen LogP contribution in [0.1, 0.15) is 23.2 Å². The molecule has 1 fully saturated rings. The van der Waals surface area contributed by atoms with Crippen LogP contribution in [0.3, 0.4) is 0 Å². The lowest BCUT2D eigenvalue weighted by atomic mass is 9.92. The molecule has 104 valence electrons. The number of carbonyl (C=O) groups excluding carboxylic acids is 1. The topological polar surface area (TPSA) is 58.6 Å². The Morgan fingerprint density at radius 3 is 2.74 bits per heavy atom. The first-order chi connectivity index (χ1) is 9.06. The summed E-state index contributed by atoms with van der Waals surface area (Å²) >= 11 is 6.76. The van der Waals surface area contributed by atoms with E-state index in [1.165, 1.54) is 6.07 Å². The lowest BCUT2D eigenvalue weighted by molar-refractivity contribution is 0.0441. The van der Waals surface area contributed by atoms with Crippen LogP contribution >= 0.6 is 31.9 Å². The summed E-state index contributed by atoms with van der Waals surface area (Å²) in [6.07, 6.45) is 1.53. The molecule has 0 unspecified atom stereocenters. The number of alkyl halides is 1. The maximum Gasteiger partial charge on any atom is 0.255 e. The van der Waals surface area contributed by atoms with Crippen molar-refractivity contribution >= 4 is 37.8 Å². The summed E-state index contributed by atoms with van der Waals surface area (Å²) < 4.78 is 6.09. The summed E-state index contributed by atoms with van der Waals surface area (Å²) in [4.78, 5) is 12.3. The van der Waals surface area contributed by atoms with Gasteiger partial charge in [-0.15, -0.1) is 0 Å². The molecule has 2 N–H and O–H groups in total. The fourth-order valence-corrected chi connectivity index (χ4v) is 3.11. The molecule has 0 saturated carbocycles. The van der Waals surface area contributed by atoms with E-state index in [2.05, 4.69) is 37.2 Å². The molecule has 1 aliphatic heterocycles. The minimum Gasteiger partial charge on any atom is -0.507 e. The number of benzene rings is 1. The molecule has 6 heteroatoms. The third-order valence-corrected chi connectivity index (χ3v) is 4.85. The minimum absolute atomic E-state index is 0.0162. The summed E-state index contributed by atoms with van der Waals surface area (Å²) in [6.45, 7) is 1.27. The van der Waals surface area contributed by atoms with Crippen LogP contribution in [0.15, 0.2) is 22.7 Å². The van der Waals surface area contributed by atoms with Crippen molar-refractivity contribution in [2.45, 2.75) is 18.4 Å². The highest BCUT2D eigenvalue weighted by Gasteiger charge is 2.33. The number of rotatable bonds is 3. The van der Waals surface area contributed by atoms with Crippen LogP contribution in [-0.2, 0) is 4.74 Å². The van der Waals surface area contributed by atoms with Gasteiger partial charge in [0.1, 0.15) is 5.75 Å². The molecule has 1 saturated heterocycles. The van der Waals surface area contributed by atoms with Gasteiger partial charge in [-0.3, -0.25) is 4.79 Å². The predicted octanol–water partition coefficient (Wildman–Crippen LogP) is 2.83. The second kappa shape index (κ2) is 6.24. The Hall–Kier alpha value is -0.590. The fraction of sp³-hybridized carbons (Fsp3) is 0.462. The number of ether oxygens (including phenoxy) is 1. The largest absolute Gasteiger partial charge is 0.507 e. The number of halogens is 2. The molecule has 1 amide bonds. The summed E-state index contributed by atoms with van der Waals surface area (Å²) in [5.74, 6) is -0.280. The number of nitrogens with one attached hydrogen (secondary N) is 1. The van der Waals surface area contributed by atoms with Gasteiger partial charge in [-0.2, -0.15) is 0 Å². The van der Waals surface area contributed by atoms with Gasteiger partial charge in [0.05, 0.1) is 11.1 Å². The number of aromatic hydroxyl groups is 1. The van der Waals surface area contributed by atoms with Crippen LogP contribution in [0.25, 0.3) is 0 Å². The second-order valence-electron chi connectivity index (χ2n) is 4.64.